The maximum Gasteiger partial charge on any atom is 0.211 e. The molecule has 0 aliphatic rings. The molecular formula is C16H14N6S. The minimum absolute atomic E-state index is 0.150. The highest BCUT2D eigenvalue weighted by Crippen LogP contribution is 2.26. The number of nitrogens with two attached hydrogens (primary N) is 2. The van der Waals surface area contributed by atoms with E-state index in [1.54, 1.807) is 18.3 Å². The summed E-state index contributed by atoms with van der Waals surface area (Å²) >= 11 is 1.40. The Bertz CT molecular complexity index is 869. The van der Waals surface area contributed by atoms with E-state index in [1.165, 1.54) is 11.3 Å². The van der Waals surface area contributed by atoms with Crippen LogP contribution in [-0.2, 0) is 0 Å². The minimum Gasteiger partial charge on any atom is -0.383 e. The van der Waals surface area contributed by atoms with Crippen molar-refractivity contribution in [2.45, 2.75) is 0 Å². The fraction of sp³-hybridized carbons (Fsp3) is 0. The van der Waals surface area contributed by atoms with Crippen LogP contribution in [0, 0.1) is 5.41 Å². The summed E-state index contributed by atoms with van der Waals surface area (Å²) in [7, 11) is 0. The van der Waals surface area contributed by atoms with Crippen LogP contribution >= 0.6 is 11.3 Å². The van der Waals surface area contributed by atoms with Crippen LogP contribution in [0.3, 0.4) is 0 Å². The van der Waals surface area contributed by atoms with Gasteiger partial charge >= 0.3 is 0 Å². The molecule has 0 aliphatic heterocycles. The Labute approximate surface area is 137 Å². The Morgan fingerprint density at radius 3 is 2.61 bits per heavy atom. The van der Waals surface area contributed by atoms with Crippen molar-refractivity contribution in [2.75, 3.05) is 0 Å². The molecule has 0 bridgehead atoms. The molecule has 0 saturated carbocycles. The van der Waals surface area contributed by atoms with Crippen molar-refractivity contribution in [1.82, 2.24) is 9.97 Å². The number of aliphatic imine (C=N–C) groups is 1. The van der Waals surface area contributed by atoms with Gasteiger partial charge in [-0.15, -0.1) is 11.3 Å². The summed E-state index contributed by atoms with van der Waals surface area (Å²) in [4.78, 5) is 12.9. The summed E-state index contributed by atoms with van der Waals surface area (Å²) in [6, 6.07) is 13.3. The van der Waals surface area contributed by atoms with Crippen molar-refractivity contribution in [2.24, 2.45) is 16.5 Å². The quantitative estimate of drug-likeness (QED) is 0.506. The number of nitrogens with one attached hydrogen (secondary N) is 1. The Balaban J connectivity index is 1.94. The number of aromatic nitrogens is 2. The van der Waals surface area contributed by atoms with Gasteiger partial charge in [0.15, 0.2) is 0 Å². The lowest BCUT2D eigenvalue weighted by Gasteiger charge is -2.05. The van der Waals surface area contributed by atoms with Gasteiger partial charge in [0.25, 0.3) is 0 Å². The first-order valence-corrected chi connectivity index (χ1v) is 7.68. The van der Waals surface area contributed by atoms with E-state index in [1.807, 2.05) is 35.7 Å². The summed E-state index contributed by atoms with van der Waals surface area (Å²) < 4.78 is 0. The van der Waals surface area contributed by atoms with Crippen LogP contribution in [-0.4, -0.2) is 21.6 Å². The van der Waals surface area contributed by atoms with E-state index in [2.05, 4.69) is 15.0 Å². The maximum atomic E-state index is 7.56. The lowest BCUT2D eigenvalue weighted by atomic mass is 10.1. The second kappa shape index (κ2) is 6.37. The van der Waals surface area contributed by atoms with E-state index >= 15 is 0 Å². The first kappa shape index (κ1) is 14.9. The van der Waals surface area contributed by atoms with Crippen LogP contribution in [0.2, 0.25) is 0 Å². The Morgan fingerprint density at radius 2 is 1.87 bits per heavy atom. The molecule has 3 aromatic rings. The number of hydrogen-bond donors (Lipinski definition) is 3. The molecule has 0 spiro atoms. The summed E-state index contributed by atoms with van der Waals surface area (Å²) in [6.07, 6.45) is 1.56. The predicted molar refractivity (Wildman–Crippen MR) is 93.2 cm³/mol. The van der Waals surface area contributed by atoms with Gasteiger partial charge in [-0.2, -0.15) is 0 Å². The SMILES string of the molecule is N=C(N)c1ncccc1/C(N)=N/c1nc(-c2ccccc2)cs1. The van der Waals surface area contributed by atoms with Crippen molar-refractivity contribution >= 4 is 28.1 Å². The standard InChI is InChI=1S/C16H14N6S/c17-14(18)13-11(7-4-8-20-13)15(19)22-16-21-12(9-23-16)10-5-2-1-3-6-10/h1-9H,(H3,17,18)(H2,19,21,22). The second-order valence-corrected chi connectivity index (χ2v) is 5.53. The molecule has 3 rings (SSSR count). The topological polar surface area (TPSA) is 114 Å². The normalized spacial score (nSPS) is 11.4. The van der Waals surface area contributed by atoms with Gasteiger partial charge in [0.2, 0.25) is 5.13 Å². The van der Waals surface area contributed by atoms with Gasteiger partial charge in [0.1, 0.15) is 17.4 Å². The number of rotatable bonds is 4. The molecule has 7 heteroatoms. The summed E-state index contributed by atoms with van der Waals surface area (Å²) in [5.74, 6) is 0.0834. The Morgan fingerprint density at radius 1 is 1.09 bits per heavy atom. The van der Waals surface area contributed by atoms with Crippen molar-refractivity contribution in [3.05, 3.63) is 65.3 Å². The highest BCUT2D eigenvalue weighted by Gasteiger charge is 2.11. The maximum absolute atomic E-state index is 7.56. The summed E-state index contributed by atoms with van der Waals surface area (Å²) in [5.41, 5.74) is 14.3. The monoisotopic (exact) mass is 322 g/mol. The smallest absolute Gasteiger partial charge is 0.211 e. The van der Waals surface area contributed by atoms with E-state index < -0.39 is 0 Å². The van der Waals surface area contributed by atoms with Crippen molar-refractivity contribution in [3.8, 4) is 11.3 Å². The van der Waals surface area contributed by atoms with Gasteiger partial charge in [-0.25, -0.2) is 9.98 Å². The highest BCUT2D eigenvalue weighted by atomic mass is 32.1. The molecule has 23 heavy (non-hydrogen) atoms. The largest absolute Gasteiger partial charge is 0.383 e. The molecule has 1 aromatic carbocycles. The number of amidine groups is 2. The first-order chi connectivity index (χ1) is 11.1. The molecule has 0 aliphatic carbocycles. The van der Waals surface area contributed by atoms with Crippen molar-refractivity contribution in [3.63, 3.8) is 0 Å². The highest BCUT2D eigenvalue weighted by molar-refractivity contribution is 7.13. The van der Waals surface area contributed by atoms with E-state index in [0.717, 1.165) is 11.3 Å². The summed E-state index contributed by atoms with van der Waals surface area (Å²) in [5, 5.41) is 10.0. The third kappa shape index (κ3) is 3.24. The van der Waals surface area contributed by atoms with Gasteiger partial charge in [-0.1, -0.05) is 30.3 Å². The predicted octanol–water partition coefficient (Wildman–Crippen LogP) is 2.53. The molecule has 0 fully saturated rings. The Kier molecular flexibility index (Phi) is 4.11. The van der Waals surface area contributed by atoms with Crippen LogP contribution in [0.5, 0.6) is 0 Å². The number of nitrogen functional groups attached to an aromatic ring is 1. The van der Waals surface area contributed by atoms with Gasteiger partial charge in [-0.3, -0.25) is 10.4 Å². The van der Waals surface area contributed by atoms with Crippen molar-refractivity contribution < 1.29 is 0 Å². The molecule has 0 saturated heterocycles. The number of benzene rings is 1. The number of thiazole rings is 1. The molecule has 0 amide bonds. The molecule has 0 radical (unpaired) electrons. The molecule has 2 heterocycles. The van der Waals surface area contributed by atoms with E-state index in [4.69, 9.17) is 16.9 Å². The molecule has 6 nitrogen and oxygen atoms in total. The van der Waals surface area contributed by atoms with Crippen LogP contribution in [0.15, 0.2) is 59.0 Å². The molecule has 2 aromatic heterocycles. The molecule has 0 unspecified atom stereocenters. The number of pyridine rings is 1. The lowest BCUT2D eigenvalue weighted by molar-refractivity contribution is 1.23. The molecule has 114 valence electrons. The van der Waals surface area contributed by atoms with Gasteiger partial charge in [-0.05, 0) is 12.1 Å². The van der Waals surface area contributed by atoms with Crippen LogP contribution in [0.1, 0.15) is 11.3 Å². The zero-order chi connectivity index (χ0) is 16.2. The number of hydrogen-bond acceptors (Lipinski definition) is 5. The fourth-order valence-corrected chi connectivity index (χ4v) is 2.75. The van der Waals surface area contributed by atoms with Crippen molar-refractivity contribution in [1.29, 1.82) is 5.41 Å². The van der Waals surface area contributed by atoms with Gasteiger partial charge < -0.3 is 11.5 Å². The molecule has 5 N–H and O–H groups in total. The van der Waals surface area contributed by atoms with E-state index in [0.29, 0.717) is 16.4 Å². The van der Waals surface area contributed by atoms with Crippen LogP contribution in [0.25, 0.3) is 11.3 Å². The molecule has 0 atom stereocenters. The lowest BCUT2D eigenvalue weighted by Crippen LogP contribution is -2.22. The van der Waals surface area contributed by atoms with Crippen LogP contribution < -0.4 is 11.5 Å². The number of nitrogens with zero attached hydrogens (tertiary/aromatic N) is 3. The van der Waals surface area contributed by atoms with Gasteiger partial charge in [0, 0.05) is 22.7 Å². The third-order valence-electron chi connectivity index (χ3n) is 3.12. The van der Waals surface area contributed by atoms with E-state index in [9.17, 15) is 0 Å². The zero-order valence-electron chi connectivity index (χ0n) is 12.1. The average molecular weight is 322 g/mol. The zero-order valence-corrected chi connectivity index (χ0v) is 12.9. The van der Waals surface area contributed by atoms with Gasteiger partial charge in [0.05, 0.1) is 5.69 Å². The second-order valence-electron chi connectivity index (χ2n) is 4.69. The summed E-state index contributed by atoms with van der Waals surface area (Å²) in [6.45, 7) is 0. The fourth-order valence-electron chi connectivity index (χ4n) is 2.05. The molecular weight excluding hydrogens is 308 g/mol. The third-order valence-corrected chi connectivity index (χ3v) is 3.85. The Hall–Kier alpha value is -3.06. The first-order valence-electron chi connectivity index (χ1n) is 6.80. The average Bonchev–Trinajstić information content (AvgIpc) is 3.04. The van der Waals surface area contributed by atoms with E-state index in [-0.39, 0.29) is 11.7 Å². The van der Waals surface area contributed by atoms with Crippen LogP contribution in [0.4, 0.5) is 5.13 Å². The minimum atomic E-state index is -0.150.